The van der Waals surface area contributed by atoms with Crippen molar-refractivity contribution in [1.82, 2.24) is 4.90 Å². The highest BCUT2D eigenvalue weighted by atomic mass is 16.5. The molecule has 0 aliphatic rings. The second-order valence-corrected chi connectivity index (χ2v) is 4.94. The fourth-order valence-electron chi connectivity index (χ4n) is 1.97. The molecule has 0 unspecified atom stereocenters. The topological polar surface area (TPSA) is 46.6 Å². The predicted molar refractivity (Wildman–Crippen MR) is 82.9 cm³/mol. The summed E-state index contributed by atoms with van der Waals surface area (Å²) in [6.07, 6.45) is 3.00. The minimum absolute atomic E-state index is 0.0272. The number of carbonyl (C=O) groups is 2. The van der Waals surface area contributed by atoms with Crippen LogP contribution in [0.1, 0.15) is 24.0 Å². The van der Waals surface area contributed by atoms with E-state index in [-0.39, 0.29) is 18.3 Å². The summed E-state index contributed by atoms with van der Waals surface area (Å²) in [5, 5.41) is 0. The number of ether oxygens (including phenoxy) is 1. The molecule has 21 heavy (non-hydrogen) atoms. The Morgan fingerprint density at radius 3 is 2.48 bits per heavy atom. The minimum Gasteiger partial charge on any atom is -0.469 e. The number of benzene rings is 1. The first kappa shape index (κ1) is 17.0. The predicted octanol–water partition coefficient (Wildman–Crippen LogP) is 2.51. The molecule has 0 spiro atoms. The molecule has 0 bridgehead atoms. The Balaban J connectivity index is 2.49. The molecule has 0 aliphatic heterocycles. The van der Waals surface area contributed by atoms with Gasteiger partial charge >= 0.3 is 5.97 Å². The van der Waals surface area contributed by atoms with E-state index in [9.17, 15) is 9.59 Å². The molecule has 0 N–H and O–H groups in total. The number of aryl methyl sites for hydroxylation is 2. The zero-order valence-corrected chi connectivity index (χ0v) is 12.8. The first-order valence-electron chi connectivity index (χ1n) is 7.08. The van der Waals surface area contributed by atoms with Crippen LogP contribution in [-0.2, 0) is 20.7 Å². The van der Waals surface area contributed by atoms with E-state index in [2.05, 4.69) is 11.3 Å². The van der Waals surface area contributed by atoms with Crippen molar-refractivity contribution in [2.24, 2.45) is 0 Å². The highest BCUT2D eigenvalue weighted by Gasteiger charge is 2.13. The van der Waals surface area contributed by atoms with Gasteiger partial charge < -0.3 is 9.64 Å². The third-order valence-corrected chi connectivity index (χ3v) is 3.26. The van der Waals surface area contributed by atoms with Gasteiger partial charge in [-0.05, 0) is 18.9 Å². The molecule has 114 valence electrons. The van der Waals surface area contributed by atoms with E-state index in [1.165, 1.54) is 12.7 Å². The molecule has 0 aliphatic carbocycles. The second kappa shape index (κ2) is 8.95. The first-order valence-corrected chi connectivity index (χ1v) is 7.08. The van der Waals surface area contributed by atoms with Crippen LogP contribution in [0.4, 0.5) is 0 Å². The number of carbonyl (C=O) groups excluding carboxylic acids is 2. The number of methoxy groups -OCH3 is 1. The molecule has 0 saturated heterocycles. The van der Waals surface area contributed by atoms with E-state index >= 15 is 0 Å². The van der Waals surface area contributed by atoms with Crippen LogP contribution in [0, 0.1) is 6.92 Å². The molecule has 0 radical (unpaired) electrons. The number of hydrogen-bond donors (Lipinski definition) is 0. The molecule has 0 heterocycles. The van der Waals surface area contributed by atoms with Gasteiger partial charge in [-0.3, -0.25) is 9.59 Å². The zero-order valence-electron chi connectivity index (χ0n) is 12.8. The number of nitrogens with zero attached hydrogens (tertiary/aromatic N) is 1. The van der Waals surface area contributed by atoms with Crippen LogP contribution in [0.2, 0.25) is 0 Å². The van der Waals surface area contributed by atoms with Crippen molar-refractivity contribution in [3.8, 4) is 0 Å². The first-order chi connectivity index (χ1) is 10.1. The summed E-state index contributed by atoms with van der Waals surface area (Å²) in [7, 11) is 1.35. The van der Waals surface area contributed by atoms with Crippen molar-refractivity contribution in [2.75, 3.05) is 20.2 Å². The number of amides is 1. The molecule has 0 aromatic heterocycles. The third-order valence-electron chi connectivity index (χ3n) is 3.26. The fourth-order valence-corrected chi connectivity index (χ4v) is 1.97. The average Bonchev–Trinajstić information content (AvgIpc) is 2.50. The molecule has 1 rings (SSSR count). The van der Waals surface area contributed by atoms with E-state index < -0.39 is 0 Å². The van der Waals surface area contributed by atoms with Crippen molar-refractivity contribution in [1.29, 1.82) is 0 Å². The van der Waals surface area contributed by atoms with Crippen LogP contribution in [0.3, 0.4) is 0 Å². The average molecular weight is 289 g/mol. The maximum absolute atomic E-state index is 12.2. The Morgan fingerprint density at radius 2 is 1.90 bits per heavy atom. The smallest absolute Gasteiger partial charge is 0.307 e. The van der Waals surface area contributed by atoms with Gasteiger partial charge in [-0.25, -0.2) is 0 Å². The summed E-state index contributed by atoms with van der Waals surface area (Å²) < 4.78 is 4.60. The Bertz CT molecular complexity index is 479. The Morgan fingerprint density at radius 1 is 1.24 bits per heavy atom. The molecule has 1 amide bonds. The largest absolute Gasteiger partial charge is 0.469 e. The summed E-state index contributed by atoms with van der Waals surface area (Å²) in [5.74, 6) is -0.283. The summed E-state index contributed by atoms with van der Waals surface area (Å²) in [5.41, 5.74) is 2.34. The summed E-state index contributed by atoms with van der Waals surface area (Å²) >= 11 is 0. The lowest BCUT2D eigenvalue weighted by molar-refractivity contribution is -0.141. The molecular weight excluding hydrogens is 266 g/mol. The quantitative estimate of drug-likeness (QED) is 0.545. The molecule has 0 atom stereocenters. The Labute approximate surface area is 126 Å². The lowest BCUT2D eigenvalue weighted by Crippen LogP contribution is -2.33. The van der Waals surface area contributed by atoms with Crippen molar-refractivity contribution >= 4 is 11.9 Å². The highest BCUT2D eigenvalue weighted by Crippen LogP contribution is 2.08. The van der Waals surface area contributed by atoms with Gasteiger partial charge in [-0.1, -0.05) is 35.9 Å². The van der Waals surface area contributed by atoms with Crippen LogP contribution in [0.5, 0.6) is 0 Å². The van der Waals surface area contributed by atoms with Crippen LogP contribution in [0.25, 0.3) is 0 Å². The summed E-state index contributed by atoms with van der Waals surface area (Å²) in [6.45, 7) is 6.50. The molecule has 1 aromatic carbocycles. The molecular formula is C17H23NO3. The minimum atomic E-state index is -0.310. The van der Waals surface area contributed by atoms with Gasteiger partial charge in [0.25, 0.3) is 0 Å². The van der Waals surface area contributed by atoms with Gasteiger partial charge in [0.05, 0.1) is 13.5 Å². The highest BCUT2D eigenvalue weighted by molar-refractivity contribution is 5.77. The molecule has 1 aromatic rings. The molecule has 0 saturated carbocycles. The standard InChI is InChI=1S/C17H23NO3/c1-4-12-18(13-11-17(20)21-3)16(19)10-9-15-7-5-14(2)6-8-15/h4-8H,1,9-13H2,2-3H3. The second-order valence-electron chi connectivity index (χ2n) is 4.94. The maximum Gasteiger partial charge on any atom is 0.307 e. The van der Waals surface area contributed by atoms with Crippen molar-refractivity contribution < 1.29 is 14.3 Å². The zero-order chi connectivity index (χ0) is 15.7. The van der Waals surface area contributed by atoms with E-state index in [1.54, 1.807) is 11.0 Å². The molecule has 4 nitrogen and oxygen atoms in total. The lowest BCUT2D eigenvalue weighted by atomic mass is 10.1. The van der Waals surface area contributed by atoms with Crippen molar-refractivity contribution in [3.05, 3.63) is 48.0 Å². The monoisotopic (exact) mass is 289 g/mol. The van der Waals surface area contributed by atoms with Crippen LogP contribution >= 0.6 is 0 Å². The van der Waals surface area contributed by atoms with E-state index in [4.69, 9.17) is 0 Å². The summed E-state index contributed by atoms with van der Waals surface area (Å²) in [4.78, 5) is 25.0. The number of hydrogen-bond acceptors (Lipinski definition) is 3. The number of rotatable bonds is 8. The normalized spacial score (nSPS) is 10.0. The lowest BCUT2D eigenvalue weighted by Gasteiger charge is -2.20. The number of esters is 1. The maximum atomic E-state index is 12.2. The molecule has 4 heteroatoms. The van der Waals surface area contributed by atoms with Crippen molar-refractivity contribution in [3.63, 3.8) is 0 Å². The SMILES string of the molecule is C=CCN(CCC(=O)OC)C(=O)CCc1ccc(C)cc1. The Hall–Kier alpha value is -2.10. The fraction of sp³-hybridized carbons (Fsp3) is 0.412. The van der Waals surface area contributed by atoms with Crippen LogP contribution in [-0.4, -0.2) is 37.0 Å². The summed E-state index contributed by atoms with van der Waals surface area (Å²) in [6, 6.07) is 8.15. The van der Waals surface area contributed by atoms with Gasteiger partial charge in [-0.2, -0.15) is 0 Å². The third kappa shape index (κ3) is 6.25. The van der Waals surface area contributed by atoms with Gasteiger partial charge in [0.1, 0.15) is 0 Å². The van der Waals surface area contributed by atoms with E-state index in [0.29, 0.717) is 25.9 Å². The van der Waals surface area contributed by atoms with Crippen LogP contribution < -0.4 is 0 Å². The van der Waals surface area contributed by atoms with Crippen LogP contribution in [0.15, 0.2) is 36.9 Å². The van der Waals surface area contributed by atoms with Gasteiger partial charge in [0.15, 0.2) is 0 Å². The van der Waals surface area contributed by atoms with Gasteiger partial charge in [0, 0.05) is 19.5 Å². The van der Waals surface area contributed by atoms with Crippen molar-refractivity contribution in [2.45, 2.75) is 26.2 Å². The Kier molecular flexibility index (Phi) is 7.23. The van der Waals surface area contributed by atoms with Gasteiger partial charge in [-0.15, -0.1) is 6.58 Å². The van der Waals surface area contributed by atoms with E-state index in [0.717, 1.165) is 5.56 Å². The van der Waals surface area contributed by atoms with E-state index in [1.807, 2.05) is 31.2 Å². The molecule has 0 fully saturated rings. The van der Waals surface area contributed by atoms with Gasteiger partial charge in [0.2, 0.25) is 5.91 Å².